The Labute approximate surface area is 120 Å². The Morgan fingerprint density at radius 3 is 3.00 bits per heavy atom. The van der Waals surface area contributed by atoms with Gasteiger partial charge < -0.3 is 5.73 Å². The van der Waals surface area contributed by atoms with Crippen molar-refractivity contribution in [3.63, 3.8) is 0 Å². The third-order valence-electron chi connectivity index (χ3n) is 3.43. The molecule has 0 aliphatic heterocycles. The van der Waals surface area contributed by atoms with Crippen LogP contribution in [0.1, 0.15) is 18.9 Å². The van der Waals surface area contributed by atoms with Gasteiger partial charge in [0.25, 0.3) is 11.2 Å². The van der Waals surface area contributed by atoms with Gasteiger partial charge in [-0.05, 0) is 24.6 Å². The van der Waals surface area contributed by atoms with Gasteiger partial charge in [-0.2, -0.15) is 5.26 Å². The average molecular weight is 280 g/mol. The van der Waals surface area contributed by atoms with Crippen LogP contribution in [0.2, 0.25) is 0 Å². The zero-order chi connectivity index (χ0) is 15.0. The molecule has 0 spiro atoms. The highest BCUT2D eigenvalue weighted by Crippen LogP contribution is 2.13. The minimum Gasteiger partial charge on any atom is -0.317 e. The van der Waals surface area contributed by atoms with Crippen LogP contribution in [0, 0.1) is 11.3 Å². The molecule has 0 atom stereocenters. The second-order valence-corrected chi connectivity index (χ2v) is 4.79. The second-order valence-electron chi connectivity index (χ2n) is 4.79. The van der Waals surface area contributed by atoms with E-state index >= 15 is 0 Å². The van der Waals surface area contributed by atoms with Crippen LogP contribution in [0.15, 0.2) is 35.3 Å². The Hall–Kier alpha value is -2.94. The highest BCUT2D eigenvalue weighted by atomic mass is 16.1. The lowest BCUT2D eigenvalue weighted by Gasteiger charge is -2.08. The number of nitrogens with two attached hydrogens (primary N) is 1. The number of hydrogen-bond acceptors (Lipinski definition) is 4. The summed E-state index contributed by atoms with van der Waals surface area (Å²) >= 11 is 0. The standard InChI is InChI=1S/C15H13N5O/c1-2-6-20-13(17)10(9-16)8-11-14(20)18-12-5-3-4-7-19(12)15(11)21/h3-5,7-8,17H,2,6H2,1H3/p+1. The minimum atomic E-state index is -0.197. The first kappa shape index (κ1) is 13.1. The SMILES string of the molecule is CCC[n+]1c(N)c(C#N)cc2c(=O)n3ccccc3nc21. The summed E-state index contributed by atoms with van der Waals surface area (Å²) in [5.41, 5.74) is 7.21. The van der Waals surface area contributed by atoms with Gasteiger partial charge in [0.1, 0.15) is 17.0 Å². The van der Waals surface area contributed by atoms with Crippen LogP contribution in [0.3, 0.4) is 0 Å². The van der Waals surface area contributed by atoms with Crippen molar-refractivity contribution in [3.05, 3.63) is 46.4 Å². The lowest BCUT2D eigenvalue weighted by atomic mass is 10.2. The summed E-state index contributed by atoms with van der Waals surface area (Å²) < 4.78 is 3.21. The van der Waals surface area contributed by atoms with E-state index in [0.717, 1.165) is 6.42 Å². The molecule has 0 unspecified atom stereocenters. The summed E-state index contributed by atoms with van der Waals surface area (Å²) in [6, 6.07) is 8.92. The molecule has 0 amide bonds. The summed E-state index contributed by atoms with van der Waals surface area (Å²) in [4.78, 5) is 17.1. The molecule has 0 bridgehead atoms. The van der Waals surface area contributed by atoms with Crippen molar-refractivity contribution in [2.45, 2.75) is 19.9 Å². The maximum atomic E-state index is 12.6. The number of nitrogen functional groups attached to an aromatic ring is 1. The van der Waals surface area contributed by atoms with Gasteiger partial charge in [0, 0.05) is 6.20 Å². The van der Waals surface area contributed by atoms with E-state index in [1.807, 2.05) is 19.1 Å². The van der Waals surface area contributed by atoms with Crippen LogP contribution >= 0.6 is 0 Å². The molecule has 2 N–H and O–H groups in total. The number of aryl methyl sites for hydroxylation is 1. The molecule has 6 heteroatoms. The molecule has 0 saturated carbocycles. The number of rotatable bonds is 2. The van der Waals surface area contributed by atoms with Gasteiger partial charge in [0.2, 0.25) is 11.5 Å². The molecule has 104 valence electrons. The van der Waals surface area contributed by atoms with E-state index in [9.17, 15) is 10.1 Å². The summed E-state index contributed by atoms with van der Waals surface area (Å²) in [6.45, 7) is 2.61. The number of aromatic nitrogens is 3. The molecule has 3 rings (SSSR count). The number of anilines is 1. The van der Waals surface area contributed by atoms with E-state index in [1.54, 1.807) is 22.9 Å². The molecule has 0 aliphatic carbocycles. The summed E-state index contributed by atoms with van der Waals surface area (Å²) in [5.74, 6) is 0.346. The largest absolute Gasteiger partial charge is 0.317 e. The Morgan fingerprint density at radius 2 is 2.29 bits per heavy atom. The van der Waals surface area contributed by atoms with Crippen LogP contribution in [-0.2, 0) is 6.54 Å². The summed E-state index contributed by atoms with van der Waals surface area (Å²) in [5, 5.41) is 9.60. The molecule has 0 aliphatic rings. The van der Waals surface area contributed by atoms with Crippen LogP contribution in [-0.4, -0.2) is 9.38 Å². The van der Waals surface area contributed by atoms with Crippen LogP contribution in [0.25, 0.3) is 16.7 Å². The molecule has 3 aromatic rings. The van der Waals surface area contributed by atoms with E-state index in [4.69, 9.17) is 5.73 Å². The predicted octanol–water partition coefficient (Wildman–Crippen LogP) is 0.999. The lowest BCUT2D eigenvalue weighted by Crippen LogP contribution is -2.41. The van der Waals surface area contributed by atoms with E-state index in [1.165, 1.54) is 10.5 Å². The van der Waals surface area contributed by atoms with E-state index in [-0.39, 0.29) is 5.56 Å². The monoisotopic (exact) mass is 280 g/mol. The maximum Gasteiger partial charge on any atom is 0.278 e. The molecule has 0 radical (unpaired) electrons. The zero-order valence-electron chi connectivity index (χ0n) is 11.6. The van der Waals surface area contributed by atoms with Gasteiger partial charge in [-0.15, -0.1) is 0 Å². The Balaban J connectivity index is 2.56. The Bertz CT molecular complexity index is 952. The van der Waals surface area contributed by atoms with E-state index in [2.05, 4.69) is 4.98 Å². The molecule has 3 heterocycles. The van der Waals surface area contributed by atoms with Gasteiger partial charge in [-0.3, -0.25) is 9.20 Å². The highest BCUT2D eigenvalue weighted by Gasteiger charge is 2.20. The molecule has 6 nitrogen and oxygen atoms in total. The van der Waals surface area contributed by atoms with E-state index in [0.29, 0.717) is 34.6 Å². The Kier molecular flexibility index (Phi) is 3.03. The molecule has 3 aromatic heterocycles. The van der Waals surface area contributed by atoms with Crippen LogP contribution < -0.4 is 15.9 Å². The smallest absolute Gasteiger partial charge is 0.278 e. The number of nitriles is 1. The normalized spacial score (nSPS) is 10.9. The fourth-order valence-corrected chi connectivity index (χ4v) is 2.44. The van der Waals surface area contributed by atoms with Crippen LogP contribution in [0.4, 0.5) is 5.82 Å². The first-order valence-electron chi connectivity index (χ1n) is 6.71. The van der Waals surface area contributed by atoms with Crippen LogP contribution in [0.5, 0.6) is 0 Å². The van der Waals surface area contributed by atoms with E-state index < -0.39 is 0 Å². The zero-order valence-corrected chi connectivity index (χ0v) is 11.6. The number of fused-ring (bicyclic) bond motifs is 2. The van der Waals surface area contributed by atoms with Gasteiger partial charge in [0.05, 0.1) is 6.54 Å². The Morgan fingerprint density at radius 1 is 1.48 bits per heavy atom. The van der Waals surface area contributed by atoms with Gasteiger partial charge in [0.15, 0.2) is 0 Å². The first-order chi connectivity index (χ1) is 10.2. The highest BCUT2D eigenvalue weighted by molar-refractivity contribution is 5.76. The summed E-state index contributed by atoms with van der Waals surface area (Å²) in [6.07, 6.45) is 2.49. The van der Waals surface area contributed by atoms with Crippen molar-refractivity contribution in [2.24, 2.45) is 0 Å². The average Bonchev–Trinajstić information content (AvgIpc) is 2.51. The van der Waals surface area contributed by atoms with Crippen molar-refractivity contribution in [1.82, 2.24) is 9.38 Å². The van der Waals surface area contributed by atoms with Crippen molar-refractivity contribution in [2.75, 3.05) is 5.73 Å². The molecule has 0 saturated heterocycles. The number of hydrogen-bond donors (Lipinski definition) is 1. The third-order valence-corrected chi connectivity index (χ3v) is 3.43. The lowest BCUT2D eigenvalue weighted by molar-refractivity contribution is -0.658. The second kappa shape index (κ2) is 4.87. The third kappa shape index (κ3) is 1.91. The fourth-order valence-electron chi connectivity index (χ4n) is 2.44. The fraction of sp³-hybridized carbons (Fsp3) is 0.200. The number of nitrogens with zero attached hydrogens (tertiary/aromatic N) is 4. The molecule has 0 aromatic carbocycles. The number of pyridine rings is 2. The maximum absolute atomic E-state index is 12.6. The molecular weight excluding hydrogens is 266 g/mol. The minimum absolute atomic E-state index is 0.197. The van der Waals surface area contributed by atoms with Gasteiger partial charge in [-0.25, -0.2) is 4.57 Å². The predicted molar refractivity (Wildman–Crippen MR) is 78.6 cm³/mol. The summed E-state index contributed by atoms with van der Waals surface area (Å²) in [7, 11) is 0. The molecule has 21 heavy (non-hydrogen) atoms. The first-order valence-corrected chi connectivity index (χ1v) is 6.71. The topological polar surface area (TPSA) is 88.1 Å². The quantitative estimate of drug-likeness (QED) is 0.560. The van der Waals surface area contributed by atoms with Crippen molar-refractivity contribution in [3.8, 4) is 6.07 Å². The van der Waals surface area contributed by atoms with Gasteiger partial charge >= 0.3 is 0 Å². The molecular formula is C15H14N5O+. The molecule has 0 fully saturated rings. The van der Waals surface area contributed by atoms with Crippen molar-refractivity contribution < 1.29 is 4.57 Å². The van der Waals surface area contributed by atoms with Crippen molar-refractivity contribution in [1.29, 1.82) is 5.26 Å². The van der Waals surface area contributed by atoms with Gasteiger partial charge in [-0.1, -0.05) is 18.0 Å². The van der Waals surface area contributed by atoms with Crippen molar-refractivity contribution >= 4 is 22.5 Å².